The van der Waals surface area contributed by atoms with Gasteiger partial charge in [-0.25, -0.2) is 9.48 Å². The van der Waals surface area contributed by atoms with E-state index in [1.54, 1.807) is 4.68 Å². The summed E-state index contributed by atoms with van der Waals surface area (Å²) in [4.78, 5) is 16.6. The van der Waals surface area contributed by atoms with Gasteiger partial charge in [-0.3, -0.25) is 4.98 Å². The van der Waals surface area contributed by atoms with E-state index >= 15 is 0 Å². The van der Waals surface area contributed by atoms with Gasteiger partial charge in [0.05, 0.1) is 39.5 Å². The standard InChI is InChI=1S/C31H34N6O3/c1-19-28(36(4)35-34-19)22-16-26-27(32-18-22)24-11-10-23(31(2,3)33-30(38)39)17-25(24)37(26)29(20-8-6-5-7-9-20)21-12-14-40-15-13-21/h5-11,16-18,21,29,33H,12-15H2,1-4H3,(H,38,39). The van der Waals surface area contributed by atoms with E-state index < -0.39 is 11.6 Å². The van der Waals surface area contributed by atoms with Crippen LogP contribution in [-0.2, 0) is 17.3 Å². The van der Waals surface area contributed by atoms with E-state index in [1.165, 1.54) is 5.56 Å². The number of fused-ring (bicyclic) bond motifs is 3. The molecule has 206 valence electrons. The molecule has 9 nitrogen and oxygen atoms in total. The summed E-state index contributed by atoms with van der Waals surface area (Å²) >= 11 is 0. The van der Waals surface area contributed by atoms with Gasteiger partial charge in [-0.1, -0.05) is 47.7 Å². The third-order valence-corrected chi connectivity index (χ3v) is 8.18. The molecule has 0 bridgehead atoms. The number of rotatable bonds is 6. The van der Waals surface area contributed by atoms with Crippen molar-refractivity contribution in [1.82, 2.24) is 29.9 Å². The zero-order valence-electron chi connectivity index (χ0n) is 23.3. The van der Waals surface area contributed by atoms with Gasteiger partial charge >= 0.3 is 6.09 Å². The van der Waals surface area contributed by atoms with Crippen molar-refractivity contribution >= 4 is 28.0 Å². The third-order valence-electron chi connectivity index (χ3n) is 8.18. The molecule has 9 heteroatoms. The van der Waals surface area contributed by atoms with Gasteiger partial charge in [-0.2, -0.15) is 0 Å². The molecule has 1 fully saturated rings. The number of carbonyl (C=O) groups is 1. The molecule has 1 atom stereocenters. The molecule has 1 aliphatic rings. The Balaban J connectivity index is 1.67. The Kier molecular flexibility index (Phi) is 6.54. The third kappa shape index (κ3) is 4.50. The molecule has 6 rings (SSSR count). The molecule has 1 saturated heterocycles. The lowest BCUT2D eigenvalue weighted by Gasteiger charge is -2.33. The van der Waals surface area contributed by atoms with E-state index in [9.17, 15) is 9.90 Å². The number of aromatic nitrogens is 5. The zero-order chi connectivity index (χ0) is 28.0. The van der Waals surface area contributed by atoms with Gasteiger partial charge in [0.15, 0.2) is 0 Å². The van der Waals surface area contributed by atoms with Crippen LogP contribution in [0.25, 0.3) is 33.2 Å². The molecule has 40 heavy (non-hydrogen) atoms. The number of pyridine rings is 1. The Morgan fingerprint density at radius 1 is 1.10 bits per heavy atom. The van der Waals surface area contributed by atoms with Crippen LogP contribution in [0.4, 0.5) is 4.79 Å². The Morgan fingerprint density at radius 3 is 2.52 bits per heavy atom. The summed E-state index contributed by atoms with van der Waals surface area (Å²) < 4.78 is 9.98. The molecule has 0 saturated carbocycles. The number of ether oxygens (including phenoxy) is 1. The van der Waals surface area contributed by atoms with Crippen molar-refractivity contribution in [2.24, 2.45) is 13.0 Å². The second-order valence-electron chi connectivity index (χ2n) is 11.2. The zero-order valence-corrected chi connectivity index (χ0v) is 23.3. The number of hydrogen-bond donors (Lipinski definition) is 2. The quantitative estimate of drug-likeness (QED) is 0.282. The second-order valence-corrected chi connectivity index (χ2v) is 11.2. The molecule has 4 heterocycles. The summed E-state index contributed by atoms with van der Waals surface area (Å²) in [6.45, 7) is 7.19. The maximum Gasteiger partial charge on any atom is 0.405 e. The molecule has 0 spiro atoms. The van der Waals surface area contributed by atoms with Crippen LogP contribution in [0.3, 0.4) is 0 Å². The lowest BCUT2D eigenvalue weighted by atomic mass is 9.86. The first kappa shape index (κ1) is 26.0. The minimum absolute atomic E-state index is 0.0405. The predicted molar refractivity (Wildman–Crippen MR) is 154 cm³/mol. The Morgan fingerprint density at radius 2 is 1.85 bits per heavy atom. The van der Waals surface area contributed by atoms with Gasteiger partial charge in [0.2, 0.25) is 0 Å². The Hall–Kier alpha value is -4.24. The number of amides is 1. The van der Waals surface area contributed by atoms with Crippen LogP contribution in [0.15, 0.2) is 60.8 Å². The Bertz CT molecular complexity index is 1680. The van der Waals surface area contributed by atoms with Crippen LogP contribution in [0, 0.1) is 12.8 Å². The molecule has 5 aromatic rings. The van der Waals surface area contributed by atoms with Gasteiger partial charge in [0.1, 0.15) is 0 Å². The van der Waals surface area contributed by atoms with Crippen molar-refractivity contribution in [2.75, 3.05) is 13.2 Å². The van der Waals surface area contributed by atoms with E-state index in [-0.39, 0.29) is 6.04 Å². The largest absolute Gasteiger partial charge is 0.465 e. The molecular formula is C31H34N6O3. The molecule has 1 amide bonds. The normalized spacial score (nSPS) is 15.5. The number of benzene rings is 2. The summed E-state index contributed by atoms with van der Waals surface area (Å²) in [5, 5.41) is 21.7. The Labute approximate surface area is 232 Å². The van der Waals surface area contributed by atoms with Crippen molar-refractivity contribution in [3.8, 4) is 11.3 Å². The topological polar surface area (TPSA) is 107 Å². The first-order valence-electron chi connectivity index (χ1n) is 13.7. The summed E-state index contributed by atoms with van der Waals surface area (Å²) in [7, 11) is 1.90. The first-order chi connectivity index (χ1) is 19.2. The highest BCUT2D eigenvalue weighted by Gasteiger charge is 2.31. The lowest BCUT2D eigenvalue weighted by molar-refractivity contribution is 0.0553. The van der Waals surface area contributed by atoms with Crippen LogP contribution in [0.2, 0.25) is 0 Å². The average molecular weight is 539 g/mol. The van der Waals surface area contributed by atoms with E-state index in [0.717, 1.165) is 70.5 Å². The van der Waals surface area contributed by atoms with Gasteiger partial charge < -0.3 is 19.7 Å². The number of hydrogen-bond acceptors (Lipinski definition) is 5. The van der Waals surface area contributed by atoms with Crippen molar-refractivity contribution in [1.29, 1.82) is 0 Å². The number of nitrogens with one attached hydrogen (secondary N) is 1. The summed E-state index contributed by atoms with van der Waals surface area (Å²) in [5.74, 6) is 0.354. The fourth-order valence-electron chi connectivity index (χ4n) is 6.23. The first-order valence-corrected chi connectivity index (χ1v) is 13.7. The van der Waals surface area contributed by atoms with Crippen LogP contribution in [-0.4, -0.2) is 49.0 Å². The van der Waals surface area contributed by atoms with E-state index in [4.69, 9.17) is 9.72 Å². The second kappa shape index (κ2) is 10.1. The average Bonchev–Trinajstić information content (AvgIpc) is 3.45. The minimum Gasteiger partial charge on any atom is -0.465 e. The minimum atomic E-state index is -1.05. The van der Waals surface area contributed by atoms with E-state index in [2.05, 4.69) is 62.7 Å². The van der Waals surface area contributed by atoms with Crippen molar-refractivity contribution in [3.05, 3.63) is 77.6 Å². The summed E-state index contributed by atoms with van der Waals surface area (Å²) in [6, 6.07) is 19.1. The van der Waals surface area contributed by atoms with Crippen LogP contribution < -0.4 is 5.32 Å². The fourth-order valence-corrected chi connectivity index (χ4v) is 6.23. The maximum absolute atomic E-state index is 11.6. The smallest absolute Gasteiger partial charge is 0.405 e. The van der Waals surface area contributed by atoms with Crippen LogP contribution in [0.5, 0.6) is 0 Å². The molecule has 1 aliphatic heterocycles. The molecule has 0 radical (unpaired) electrons. The predicted octanol–water partition coefficient (Wildman–Crippen LogP) is 5.81. The van der Waals surface area contributed by atoms with Crippen LogP contribution in [0.1, 0.15) is 49.6 Å². The lowest BCUT2D eigenvalue weighted by Crippen LogP contribution is -2.40. The van der Waals surface area contributed by atoms with E-state index in [0.29, 0.717) is 5.92 Å². The number of aryl methyl sites for hydroxylation is 2. The summed E-state index contributed by atoms with van der Waals surface area (Å²) in [5.41, 5.74) is 7.02. The highest BCUT2D eigenvalue weighted by atomic mass is 16.5. The SMILES string of the molecule is Cc1nnn(C)c1-c1cnc2c3ccc(C(C)(C)NC(=O)O)cc3n(C(c3ccccc3)C3CCOCC3)c2c1. The highest BCUT2D eigenvalue weighted by molar-refractivity contribution is 6.07. The van der Waals surface area contributed by atoms with Gasteiger partial charge in [-0.15, -0.1) is 5.10 Å². The number of nitrogens with zero attached hydrogens (tertiary/aromatic N) is 5. The van der Waals surface area contributed by atoms with Gasteiger partial charge in [0.25, 0.3) is 0 Å². The molecule has 2 aromatic carbocycles. The van der Waals surface area contributed by atoms with Gasteiger partial charge in [0, 0.05) is 37.4 Å². The van der Waals surface area contributed by atoms with Crippen molar-refractivity contribution in [2.45, 2.75) is 45.2 Å². The molecule has 1 unspecified atom stereocenters. The maximum atomic E-state index is 11.6. The molecule has 0 aliphatic carbocycles. The van der Waals surface area contributed by atoms with Crippen molar-refractivity contribution in [3.63, 3.8) is 0 Å². The fraction of sp³-hybridized carbons (Fsp3) is 0.355. The monoisotopic (exact) mass is 538 g/mol. The van der Waals surface area contributed by atoms with E-state index in [1.807, 2.05) is 46.1 Å². The van der Waals surface area contributed by atoms with Crippen molar-refractivity contribution < 1.29 is 14.6 Å². The van der Waals surface area contributed by atoms with Crippen LogP contribution >= 0.6 is 0 Å². The molecule has 2 N–H and O–H groups in total. The van der Waals surface area contributed by atoms with Gasteiger partial charge in [-0.05, 0) is 62.8 Å². The number of carboxylic acid groups (broad SMARTS) is 1. The molecular weight excluding hydrogens is 504 g/mol. The summed E-state index contributed by atoms with van der Waals surface area (Å²) in [6.07, 6.45) is 2.74. The highest BCUT2D eigenvalue weighted by Crippen LogP contribution is 2.42. The molecule has 3 aromatic heterocycles.